The molecule has 2 heterocycles. The molecule has 2 aromatic rings. The Morgan fingerprint density at radius 2 is 1.96 bits per heavy atom. The molecule has 124 valence electrons. The van der Waals surface area contributed by atoms with Gasteiger partial charge < -0.3 is 14.7 Å². The van der Waals surface area contributed by atoms with Gasteiger partial charge in [0.25, 0.3) is 0 Å². The summed E-state index contributed by atoms with van der Waals surface area (Å²) in [4.78, 5) is 23.1. The minimum Gasteiger partial charge on any atom is -0.468 e. The zero-order valence-corrected chi connectivity index (χ0v) is 13.3. The van der Waals surface area contributed by atoms with E-state index in [9.17, 15) is 15.2 Å². The van der Waals surface area contributed by atoms with Crippen molar-refractivity contribution in [2.24, 2.45) is 0 Å². The molecule has 0 radical (unpaired) electrons. The minimum atomic E-state index is -1.13. The number of piperidine rings is 1. The second-order valence-electron chi connectivity index (χ2n) is 5.72. The Balaban J connectivity index is 2.12. The summed E-state index contributed by atoms with van der Waals surface area (Å²) in [6.07, 6.45) is 0.901. The fourth-order valence-corrected chi connectivity index (χ4v) is 2.85. The van der Waals surface area contributed by atoms with Crippen molar-refractivity contribution in [1.29, 1.82) is 5.26 Å². The maximum atomic E-state index is 12.0. The molecule has 3 rings (SSSR count). The Kier molecular flexibility index (Phi) is 4.58. The third kappa shape index (κ3) is 3.01. The second-order valence-corrected chi connectivity index (χ2v) is 5.72. The van der Waals surface area contributed by atoms with Crippen LogP contribution in [0.5, 0.6) is 0 Å². The van der Waals surface area contributed by atoms with Gasteiger partial charge in [-0.15, -0.1) is 0 Å². The zero-order valence-electron chi connectivity index (χ0n) is 13.3. The Labute approximate surface area is 139 Å². The number of aromatic nitrogens is 2. The monoisotopic (exact) mass is 326 g/mol. The fraction of sp³-hybridized carbons (Fsp3) is 0.412. The molecular weight excluding hydrogens is 308 g/mol. The van der Waals surface area contributed by atoms with Crippen LogP contribution in [0.3, 0.4) is 0 Å². The standard InChI is InChI=1S/C17H18N4O3/c1-24-17(23)12(10-18)15-16(21-8-6-11(22)7-9-21)20-14-5-3-2-4-13(14)19-15/h2-5,11-12,22H,6-9H2,1H3/t12-/m1/s1. The highest BCUT2D eigenvalue weighted by Gasteiger charge is 2.30. The molecular formula is C17H18N4O3. The number of fused-ring (bicyclic) bond motifs is 1. The smallest absolute Gasteiger partial charge is 0.329 e. The van der Waals surface area contributed by atoms with Crippen LogP contribution in [0, 0.1) is 11.3 Å². The zero-order chi connectivity index (χ0) is 17.1. The van der Waals surface area contributed by atoms with Crippen LogP contribution < -0.4 is 4.90 Å². The van der Waals surface area contributed by atoms with Gasteiger partial charge in [-0.1, -0.05) is 12.1 Å². The predicted octanol–water partition coefficient (Wildman–Crippen LogP) is 1.37. The van der Waals surface area contributed by atoms with Gasteiger partial charge in [0.05, 0.1) is 30.3 Å². The van der Waals surface area contributed by atoms with E-state index >= 15 is 0 Å². The molecule has 0 spiro atoms. The van der Waals surface area contributed by atoms with Gasteiger partial charge in [-0.2, -0.15) is 5.26 Å². The van der Waals surface area contributed by atoms with E-state index in [0.717, 1.165) is 0 Å². The third-order valence-electron chi connectivity index (χ3n) is 4.18. The number of carbonyl (C=O) groups excluding carboxylic acids is 1. The van der Waals surface area contributed by atoms with E-state index in [1.165, 1.54) is 7.11 Å². The lowest BCUT2D eigenvalue weighted by Gasteiger charge is -2.32. The van der Waals surface area contributed by atoms with Gasteiger partial charge in [0.2, 0.25) is 0 Å². The number of esters is 1. The van der Waals surface area contributed by atoms with Crippen molar-refractivity contribution in [3.05, 3.63) is 30.0 Å². The number of hydrogen-bond donors (Lipinski definition) is 1. The summed E-state index contributed by atoms with van der Waals surface area (Å²) in [6, 6.07) is 9.30. The molecule has 7 heteroatoms. The average molecular weight is 326 g/mol. The van der Waals surface area contributed by atoms with Crippen LogP contribution in [0.1, 0.15) is 24.5 Å². The van der Waals surface area contributed by atoms with Crippen LogP contribution >= 0.6 is 0 Å². The number of rotatable bonds is 3. The Morgan fingerprint density at radius 3 is 2.54 bits per heavy atom. The number of aliphatic hydroxyl groups excluding tert-OH is 1. The van der Waals surface area contributed by atoms with E-state index in [0.29, 0.717) is 48.5 Å². The van der Waals surface area contributed by atoms with Gasteiger partial charge >= 0.3 is 5.97 Å². The van der Waals surface area contributed by atoms with Crippen molar-refractivity contribution in [3.63, 3.8) is 0 Å². The number of methoxy groups -OCH3 is 1. The quantitative estimate of drug-likeness (QED) is 0.850. The van der Waals surface area contributed by atoms with Crippen LogP contribution in [0.4, 0.5) is 5.82 Å². The molecule has 0 saturated carbocycles. The van der Waals surface area contributed by atoms with Crippen LogP contribution in [-0.4, -0.2) is 47.3 Å². The number of hydrogen-bond acceptors (Lipinski definition) is 7. The number of carbonyl (C=O) groups is 1. The van der Waals surface area contributed by atoms with Crippen molar-refractivity contribution in [3.8, 4) is 6.07 Å². The molecule has 1 atom stereocenters. The molecule has 1 aliphatic heterocycles. The number of para-hydroxylation sites is 2. The molecule has 1 saturated heterocycles. The van der Waals surface area contributed by atoms with Gasteiger partial charge in [0.15, 0.2) is 11.7 Å². The molecule has 1 aromatic heterocycles. The van der Waals surface area contributed by atoms with E-state index in [1.807, 2.05) is 29.2 Å². The Bertz CT molecular complexity index is 794. The lowest BCUT2D eigenvalue weighted by Crippen LogP contribution is -2.37. The maximum Gasteiger partial charge on any atom is 0.329 e. The van der Waals surface area contributed by atoms with E-state index in [4.69, 9.17) is 4.74 Å². The summed E-state index contributed by atoms with van der Waals surface area (Å²) in [5.74, 6) is -1.27. The molecule has 7 nitrogen and oxygen atoms in total. The highest BCUT2D eigenvalue weighted by molar-refractivity contribution is 5.85. The van der Waals surface area contributed by atoms with Gasteiger partial charge in [-0.3, -0.25) is 4.79 Å². The summed E-state index contributed by atoms with van der Waals surface area (Å²) in [5.41, 5.74) is 1.63. The molecule has 1 aromatic carbocycles. The fourth-order valence-electron chi connectivity index (χ4n) is 2.85. The summed E-state index contributed by atoms with van der Waals surface area (Å²) in [5, 5.41) is 19.1. The highest BCUT2D eigenvalue weighted by atomic mass is 16.5. The minimum absolute atomic E-state index is 0.305. The average Bonchev–Trinajstić information content (AvgIpc) is 2.62. The summed E-state index contributed by atoms with van der Waals surface area (Å²) in [6.45, 7) is 1.20. The second kappa shape index (κ2) is 6.81. The number of anilines is 1. The van der Waals surface area contributed by atoms with Crippen molar-refractivity contribution >= 4 is 22.8 Å². The summed E-state index contributed by atoms with van der Waals surface area (Å²) >= 11 is 0. The Morgan fingerprint density at radius 1 is 1.33 bits per heavy atom. The summed E-state index contributed by atoms with van der Waals surface area (Å²) < 4.78 is 4.74. The molecule has 1 aliphatic rings. The van der Waals surface area contributed by atoms with E-state index in [1.54, 1.807) is 6.07 Å². The number of aliphatic hydroxyl groups is 1. The first-order valence-corrected chi connectivity index (χ1v) is 7.81. The predicted molar refractivity (Wildman–Crippen MR) is 87.4 cm³/mol. The van der Waals surface area contributed by atoms with E-state index in [2.05, 4.69) is 9.97 Å². The van der Waals surface area contributed by atoms with E-state index in [-0.39, 0.29) is 6.10 Å². The third-order valence-corrected chi connectivity index (χ3v) is 4.18. The number of nitrogens with zero attached hydrogens (tertiary/aromatic N) is 4. The van der Waals surface area contributed by atoms with Crippen LogP contribution in [0.25, 0.3) is 11.0 Å². The first-order valence-electron chi connectivity index (χ1n) is 7.81. The molecule has 1 fully saturated rings. The van der Waals surface area contributed by atoms with Crippen molar-refractivity contribution in [2.45, 2.75) is 24.9 Å². The number of ether oxygens (including phenoxy) is 1. The van der Waals surface area contributed by atoms with Gasteiger partial charge in [-0.25, -0.2) is 9.97 Å². The van der Waals surface area contributed by atoms with Crippen LogP contribution in [-0.2, 0) is 9.53 Å². The largest absolute Gasteiger partial charge is 0.468 e. The van der Waals surface area contributed by atoms with Crippen molar-refractivity contribution < 1.29 is 14.6 Å². The normalized spacial score (nSPS) is 16.6. The molecule has 0 aliphatic carbocycles. The molecule has 1 N–H and O–H groups in total. The van der Waals surface area contributed by atoms with Crippen LogP contribution in [0.2, 0.25) is 0 Å². The Hall–Kier alpha value is -2.72. The lowest BCUT2D eigenvalue weighted by atomic mass is 10.0. The molecule has 0 unspecified atom stereocenters. The maximum absolute atomic E-state index is 12.0. The first kappa shape index (κ1) is 16.1. The summed E-state index contributed by atoms with van der Waals surface area (Å²) in [7, 11) is 1.25. The van der Waals surface area contributed by atoms with E-state index < -0.39 is 11.9 Å². The van der Waals surface area contributed by atoms with Crippen LogP contribution in [0.15, 0.2) is 24.3 Å². The van der Waals surface area contributed by atoms with Crippen molar-refractivity contribution in [1.82, 2.24) is 9.97 Å². The molecule has 24 heavy (non-hydrogen) atoms. The SMILES string of the molecule is COC(=O)[C@H](C#N)c1nc2ccccc2nc1N1CCC(O)CC1. The first-order chi connectivity index (χ1) is 11.6. The highest BCUT2D eigenvalue weighted by Crippen LogP contribution is 2.29. The number of benzene rings is 1. The van der Waals surface area contributed by atoms with Gasteiger partial charge in [0, 0.05) is 13.1 Å². The van der Waals surface area contributed by atoms with Crippen molar-refractivity contribution in [2.75, 3.05) is 25.1 Å². The topological polar surface area (TPSA) is 99.3 Å². The molecule has 0 amide bonds. The molecule has 0 bridgehead atoms. The van der Waals surface area contributed by atoms with Gasteiger partial charge in [0.1, 0.15) is 5.69 Å². The number of nitriles is 1. The van der Waals surface area contributed by atoms with Gasteiger partial charge in [-0.05, 0) is 25.0 Å². The lowest BCUT2D eigenvalue weighted by molar-refractivity contribution is -0.141.